The Kier molecular flexibility index (Phi) is 5.65. The lowest BCUT2D eigenvalue weighted by Crippen LogP contribution is -2.21. The molecule has 0 atom stereocenters. The van der Waals surface area contributed by atoms with Crippen LogP contribution >= 0.6 is 0 Å². The van der Waals surface area contributed by atoms with Crippen molar-refractivity contribution in [3.63, 3.8) is 0 Å². The molecular formula is C14H26N4. The van der Waals surface area contributed by atoms with Crippen LogP contribution in [0.25, 0.3) is 0 Å². The highest BCUT2D eigenvalue weighted by Gasteiger charge is 2.12. The van der Waals surface area contributed by atoms with E-state index >= 15 is 0 Å². The average molecular weight is 250 g/mol. The number of aryl methyl sites for hydroxylation is 1. The molecule has 18 heavy (non-hydrogen) atoms. The molecular weight excluding hydrogens is 224 g/mol. The fourth-order valence-electron chi connectivity index (χ4n) is 2.81. The summed E-state index contributed by atoms with van der Waals surface area (Å²) in [6.07, 6.45) is 11.3. The summed E-state index contributed by atoms with van der Waals surface area (Å²) in [5.74, 6) is 2.03. The van der Waals surface area contributed by atoms with Crippen molar-refractivity contribution in [2.45, 2.75) is 65.0 Å². The molecule has 0 bridgehead atoms. The van der Waals surface area contributed by atoms with Gasteiger partial charge in [0.05, 0.1) is 6.54 Å². The van der Waals surface area contributed by atoms with E-state index in [4.69, 9.17) is 0 Å². The van der Waals surface area contributed by atoms with Crippen molar-refractivity contribution >= 4 is 0 Å². The molecule has 0 saturated heterocycles. The van der Waals surface area contributed by atoms with E-state index in [1.54, 1.807) is 6.33 Å². The summed E-state index contributed by atoms with van der Waals surface area (Å²) in [4.78, 5) is 4.31. The zero-order chi connectivity index (χ0) is 12.6. The molecule has 1 aliphatic rings. The van der Waals surface area contributed by atoms with Crippen LogP contribution in [0.15, 0.2) is 6.33 Å². The van der Waals surface area contributed by atoms with E-state index in [0.29, 0.717) is 0 Å². The summed E-state index contributed by atoms with van der Waals surface area (Å²) in [7, 11) is 0. The van der Waals surface area contributed by atoms with Crippen LogP contribution in [0.4, 0.5) is 0 Å². The Morgan fingerprint density at radius 1 is 1.33 bits per heavy atom. The Bertz CT molecular complexity index is 328. The minimum atomic E-state index is 0.854. The van der Waals surface area contributed by atoms with Crippen LogP contribution in [-0.4, -0.2) is 21.3 Å². The summed E-state index contributed by atoms with van der Waals surface area (Å²) in [6, 6.07) is 0. The lowest BCUT2D eigenvalue weighted by molar-refractivity contribution is 0.333. The number of hydrogen-bond donors (Lipinski definition) is 1. The highest BCUT2D eigenvalue weighted by Crippen LogP contribution is 2.25. The Hall–Kier alpha value is -0.900. The minimum Gasteiger partial charge on any atom is -0.310 e. The smallest absolute Gasteiger partial charge is 0.140 e. The largest absolute Gasteiger partial charge is 0.310 e. The van der Waals surface area contributed by atoms with Gasteiger partial charge < -0.3 is 5.32 Å². The van der Waals surface area contributed by atoms with Gasteiger partial charge in [-0.25, -0.2) is 9.67 Å². The zero-order valence-corrected chi connectivity index (χ0v) is 11.6. The van der Waals surface area contributed by atoms with Crippen LogP contribution in [-0.2, 0) is 13.1 Å². The molecule has 1 saturated carbocycles. The van der Waals surface area contributed by atoms with E-state index in [0.717, 1.165) is 37.8 Å². The summed E-state index contributed by atoms with van der Waals surface area (Å²) in [6.45, 7) is 5.11. The van der Waals surface area contributed by atoms with Gasteiger partial charge in [-0.1, -0.05) is 39.0 Å². The SMILES string of the molecule is CCCn1ncnc1CNCCC1CCCCC1. The van der Waals surface area contributed by atoms with Crippen LogP contribution in [0.3, 0.4) is 0 Å². The lowest BCUT2D eigenvalue weighted by atomic mass is 9.87. The van der Waals surface area contributed by atoms with Gasteiger partial charge in [-0.05, 0) is 25.3 Å². The van der Waals surface area contributed by atoms with Gasteiger partial charge in [-0.15, -0.1) is 0 Å². The molecule has 2 rings (SSSR count). The predicted molar refractivity (Wildman–Crippen MR) is 73.2 cm³/mol. The third kappa shape index (κ3) is 4.09. The van der Waals surface area contributed by atoms with Crippen LogP contribution < -0.4 is 5.32 Å². The monoisotopic (exact) mass is 250 g/mol. The molecule has 1 aromatic rings. The number of hydrogen-bond acceptors (Lipinski definition) is 3. The van der Waals surface area contributed by atoms with Crippen molar-refractivity contribution in [3.05, 3.63) is 12.2 Å². The zero-order valence-electron chi connectivity index (χ0n) is 11.6. The van der Waals surface area contributed by atoms with E-state index < -0.39 is 0 Å². The Morgan fingerprint density at radius 3 is 2.94 bits per heavy atom. The fraction of sp³-hybridized carbons (Fsp3) is 0.857. The first-order chi connectivity index (χ1) is 8.90. The van der Waals surface area contributed by atoms with Crippen LogP contribution in [0.5, 0.6) is 0 Å². The number of nitrogens with one attached hydrogen (secondary N) is 1. The van der Waals surface area contributed by atoms with E-state index in [1.165, 1.54) is 38.5 Å². The first kappa shape index (κ1) is 13.5. The van der Waals surface area contributed by atoms with Gasteiger partial charge in [0, 0.05) is 6.54 Å². The van der Waals surface area contributed by atoms with Crippen molar-refractivity contribution in [2.75, 3.05) is 6.54 Å². The molecule has 102 valence electrons. The van der Waals surface area contributed by atoms with Gasteiger partial charge in [0.25, 0.3) is 0 Å². The van der Waals surface area contributed by atoms with Crippen LogP contribution in [0.2, 0.25) is 0 Å². The van der Waals surface area contributed by atoms with Crippen molar-refractivity contribution in [1.82, 2.24) is 20.1 Å². The number of nitrogens with zero attached hydrogens (tertiary/aromatic N) is 3. The van der Waals surface area contributed by atoms with Crippen molar-refractivity contribution < 1.29 is 0 Å². The second kappa shape index (κ2) is 7.52. The first-order valence-corrected chi connectivity index (χ1v) is 7.47. The maximum Gasteiger partial charge on any atom is 0.140 e. The third-order valence-electron chi connectivity index (χ3n) is 3.87. The molecule has 1 heterocycles. The second-order valence-corrected chi connectivity index (χ2v) is 5.37. The molecule has 1 fully saturated rings. The maximum atomic E-state index is 4.31. The Labute approximate surface area is 110 Å². The maximum absolute atomic E-state index is 4.31. The molecule has 0 spiro atoms. The Morgan fingerprint density at radius 2 is 2.17 bits per heavy atom. The second-order valence-electron chi connectivity index (χ2n) is 5.37. The lowest BCUT2D eigenvalue weighted by Gasteiger charge is -2.21. The first-order valence-electron chi connectivity index (χ1n) is 7.47. The molecule has 1 aromatic heterocycles. The van der Waals surface area contributed by atoms with E-state index in [2.05, 4.69) is 22.3 Å². The summed E-state index contributed by atoms with van der Waals surface area (Å²) in [5.41, 5.74) is 0. The van der Waals surface area contributed by atoms with Crippen molar-refractivity contribution in [3.8, 4) is 0 Å². The Balaban J connectivity index is 1.63. The van der Waals surface area contributed by atoms with E-state index in [-0.39, 0.29) is 0 Å². The molecule has 0 radical (unpaired) electrons. The highest BCUT2D eigenvalue weighted by molar-refractivity contribution is 4.83. The van der Waals surface area contributed by atoms with Gasteiger partial charge in [0.15, 0.2) is 0 Å². The summed E-state index contributed by atoms with van der Waals surface area (Å²) < 4.78 is 2.01. The van der Waals surface area contributed by atoms with E-state index in [9.17, 15) is 0 Å². The van der Waals surface area contributed by atoms with Gasteiger partial charge in [0.1, 0.15) is 12.2 Å². The number of rotatable bonds is 7. The highest BCUT2D eigenvalue weighted by atomic mass is 15.3. The standard InChI is InChI=1S/C14H26N4/c1-2-10-18-14(16-12-17-18)11-15-9-8-13-6-4-3-5-7-13/h12-13,15H,2-11H2,1H3. The molecule has 0 amide bonds. The molecule has 0 unspecified atom stereocenters. The quantitative estimate of drug-likeness (QED) is 0.757. The molecule has 1 aliphatic carbocycles. The fourth-order valence-corrected chi connectivity index (χ4v) is 2.81. The average Bonchev–Trinajstić information content (AvgIpc) is 2.84. The molecule has 0 aliphatic heterocycles. The van der Waals surface area contributed by atoms with Gasteiger partial charge in [-0.3, -0.25) is 0 Å². The van der Waals surface area contributed by atoms with Crippen LogP contribution in [0, 0.1) is 5.92 Å². The van der Waals surface area contributed by atoms with E-state index in [1.807, 2.05) is 4.68 Å². The van der Waals surface area contributed by atoms with Crippen molar-refractivity contribution in [1.29, 1.82) is 0 Å². The van der Waals surface area contributed by atoms with Gasteiger partial charge in [-0.2, -0.15) is 5.10 Å². The molecule has 0 aromatic carbocycles. The summed E-state index contributed by atoms with van der Waals surface area (Å²) >= 11 is 0. The molecule has 4 heteroatoms. The third-order valence-corrected chi connectivity index (χ3v) is 3.87. The van der Waals surface area contributed by atoms with Crippen molar-refractivity contribution in [2.24, 2.45) is 5.92 Å². The normalized spacial score (nSPS) is 17.2. The topological polar surface area (TPSA) is 42.7 Å². The molecule has 1 N–H and O–H groups in total. The molecule has 4 nitrogen and oxygen atoms in total. The predicted octanol–water partition coefficient (Wildman–Crippen LogP) is 2.75. The van der Waals surface area contributed by atoms with Crippen LogP contribution in [0.1, 0.15) is 57.7 Å². The van der Waals surface area contributed by atoms with Gasteiger partial charge in [0.2, 0.25) is 0 Å². The number of aromatic nitrogens is 3. The summed E-state index contributed by atoms with van der Waals surface area (Å²) in [5, 5.41) is 7.75. The van der Waals surface area contributed by atoms with Gasteiger partial charge >= 0.3 is 0 Å². The minimum absolute atomic E-state index is 0.854.